The number of pyridine rings is 1. The fraction of sp³-hybridized carbons (Fsp3) is 0.364. The second-order valence-corrected chi connectivity index (χ2v) is 8.65. The maximum Gasteiger partial charge on any atom is 0.332 e. The molecule has 0 fully saturated rings. The number of aromatic nitrogens is 3. The third kappa shape index (κ3) is 4.64. The lowest BCUT2D eigenvalue weighted by molar-refractivity contribution is -0.118. The minimum atomic E-state index is -0.423. The van der Waals surface area contributed by atoms with Crippen LogP contribution in [0.3, 0.4) is 0 Å². The highest BCUT2D eigenvalue weighted by Crippen LogP contribution is 2.29. The number of carbonyl (C=O) groups excluding carboxylic acids is 1. The number of hydrogen-bond acceptors (Lipinski definition) is 5. The molecule has 0 atom stereocenters. The van der Waals surface area contributed by atoms with E-state index in [1.54, 1.807) is 13.2 Å². The Bertz CT molecular complexity index is 1180. The van der Waals surface area contributed by atoms with Gasteiger partial charge in [-0.1, -0.05) is 44.2 Å². The van der Waals surface area contributed by atoms with Crippen molar-refractivity contribution < 1.29 is 4.79 Å². The van der Waals surface area contributed by atoms with E-state index in [0.29, 0.717) is 23.5 Å². The van der Waals surface area contributed by atoms with Crippen molar-refractivity contribution in [1.82, 2.24) is 19.4 Å². The van der Waals surface area contributed by atoms with Crippen LogP contribution in [0.1, 0.15) is 25.0 Å². The summed E-state index contributed by atoms with van der Waals surface area (Å²) in [6.45, 7) is 4.63. The van der Waals surface area contributed by atoms with Crippen molar-refractivity contribution in [3.8, 4) is 0 Å². The molecule has 1 amide bonds. The fourth-order valence-corrected chi connectivity index (χ4v) is 4.30. The molecular formula is C22H26N4O3S. The van der Waals surface area contributed by atoms with Crippen molar-refractivity contribution >= 4 is 28.7 Å². The average Bonchev–Trinajstić information content (AvgIpc) is 2.73. The van der Waals surface area contributed by atoms with Crippen LogP contribution in [0.4, 0.5) is 0 Å². The molecule has 158 valence electrons. The standard InChI is InChI=1S/C22H26N4O3S/c1-14(2)10-16-12-24-20-18(21(28)26(4)22(29)25(20)3)19(16)30-13-17(27)23-11-15-8-6-5-7-9-15/h5-9,12,14H,10-11,13H2,1-4H3,(H,23,27). The molecule has 1 aromatic carbocycles. The molecule has 2 heterocycles. The van der Waals surface area contributed by atoms with E-state index in [2.05, 4.69) is 24.1 Å². The molecule has 30 heavy (non-hydrogen) atoms. The molecule has 1 N–H and O–H groups in total. The largest absolute Gasteiger partial charge is 0.351 e. The third-order valence-corrected chi connectivity index (χ3v) is 5.96. The van der Waals surface area contributed by atoms with E-state index in [0.717, 1.165) is 27.0 Å². The van der Waals surface area contributed by atoms with Gasteiger partial charge in [0.15, 0.2) is 0 Å². The monoisotopic (exact) mass is 426 g/mol. The van der Waals surface area contributed by atoms with Crippen LogP contribution in [-0.2, 0) is 31.9 Å². The van der Waals surface area contributed by atoms with Gasteiger partial charge in [0, 0.05) is 31.7 Å². The molecule has 0 saturated carbocycles. The maximum absolute atomic E-state index is 12.9. The van der Waals surface area contributed by atoms with Crippen LogP contribution in [0, 0.1) is 5.92 Å². The molecule has 0 aliphatic heterocycles. The Morgan fingerprint density at radius 2 is 1.83 bits per heavy atom. The number of rotatable bonds is 7. The Hall–Kier alpha value is -2.87. The molecule has 0 aliphatic carbocycles. The molecule has 0 spiro atoms. The van der Waals surface area contributed by atoms with Crippen molar-refractivity contribution in [1.29, 1.82) is 0 Å². The van der Waals surface area contributed by atoms with Gasteiger partial charge in [0.1, 0.15) is 5.65 Å². The molecule has 0 radical (unpaired) electrons. The van der Waals surface area contributed by atoms with Gasteiger partial charge >= 0.3 is 5.69 Å². The van der Waals surface area contributed by atoms with Gasteiger partial charge in [-0.25, -0.2) is 9.78 Å². The smallest absolute Gasteiger partial charge is 0.332 e. The molecule has 8 heteroatoms. The zero-order chi connectivity index (χ0) is 21.8. The van der Waals surface area contributed by atoms with Crippen LogP contribution < -0.4 is 16.6 Å². The number of hydrogen-bond donors (Lipinski definition) is 1. The number of fused-ring (bicyclic) bond motifs is 1. The molecule has 0 saturated heterocycles. The van der Waals surface area contributed by atoms with Gasteiger partial charge in [0.25, 0.3) is 5.56 Å². The Morgan fingerprint density at radius 1 is 1.13 bits per heavy atom. The first-order valence-electron chi connectivity index (χ1n) is 9.80. The number of amides is 1. The molecule has 0 unspecified atom stereocenters. The van der Waals surface area contributed by atoms with Crippen molar-refractivity contribution in [2.45, 2.75) is 31.7 Å². The average molecular weight is 427 g/mol. The molecular weight excluding hydrogens is 400 g/mol. The van der Waals surface area contributed by atoms with Crippen LogP contribution in [0.25, 0.3) is 11.0 Å². The minimum Gasteiger partial charge on any atom is -0.351 e. The molecule has 2 aromatic heterocycles. The van der Waals surface area contributed by atoms with Gasteiger partial charge in [-0.2, -0.15) is 0 Å². The highest BCUT2D eigenvalue weighted by atomic mass is 32.2. The predicted octanol–water partition coefficient (Wildman–Crippen LogP) is 2.24. The number of benzene rings is 1. The number of carbonyl (C=O) groups is 1. The van der Waals surface area contributed by atoms with Crippen molar-refractivity contribution in [3.63, 3.8) is 0 Å². The Kier molecular flexibility index (Phi) is 6.77. The van der Waals surface area contributed by atoms with E-state index in [4.69, 9.17) is 0 Å². The lowest BCUT2D eigenvalue weighted by atomic mass is 10.0. The normalized spacial score (nSPS) is 11.2. The fourth-order valence-electron chi connectivity index (χ4n) is 3.28. The summed E-state index contributed by atoms with van der Waals surface area (Å²) in [5.41, 5.74) is 1.46. The van der Waals surface area contributed by atoms with Crippen LogP contribution in [0.5, 0.6) is 0 Å². The minimum absolute atomic E-state index is 0.119. The summed E-state index contributed by atoms with van der Waals surface area (Å²) < 4.78 is 2.46. The van der Waals surface area contributed by atoms with E-state index < -0.39 is 11.2 Å². The van der Waals surface area contributed by atoms with Gasteiger partial charge in [0.2, 0.25) is 5.91 Å². The number of thioether (sulfide) groups is 1. The predicted molar refractivity (Wildman–Crippen MR) is 120 cm³/mol. The van der Waals surface area contributed by atoms with Crippen LogP contribution in [0.2, 0.25) is 0 Å². The van der Waals surface area contributed by atoms with E-state index in [9.17, 15) is 14.4 Å². The quantitative estimate of drug-likeness (QED) is 0.586. The molecule has 0 aliphatic rings. The van der Waals surface area contributed by atoms with Gasteiger partial charge in [-0.15, -0.1) is 11.8 Å². The van der Waals surface area contributed by atoms with Gasteiger partial charge in [-0.05, 0) is 23.5 Å². The molecule has 3 aromatic rings. The van der Waals surface area contributed by atoms with E-state index in [1.165, 1.54) is 23.4 Å². The zero-order valence-corrected chi connectivity index (χ0v) is 18.5. The summed E-state index contributed by atoms with van der Waals surface area (Å²) in [4.78, 5) is 42.8. The molecule has 7 nitrogen and oxygen atoms in total. The molecule has 3 rings (SSSR count). The lowest BCUT2D eigenvalue weighted by Crippen LogP contribution is -2.37. The Balaban J connectivity index is 1.93. The second-order valence-electron chi connectivity index (χ2n) is 7.67. The van der Waals surface area contributed by atoms with Crippen LogP contribution in [0.15, 0.2) is 51.0 Å². The first-order valence-corrected chi connectivity index (χ1v) is 10.8. The van der Waals surface area contributed by atoms with E-state index in [1.807, 2.05) is 30.3 Å². The topological polar surface area (TPSA) is 86.0 Å². The summed E-state index contributed by atoms with van der Waals surface area (Å²) in [7, 11) is 3.06. The van der Waals surface area contributed by atoms with Crippen LogP contribution >= 0.6 is 11.8 Å². The van der Waals surface area contributed by atoms with Gasteiger partial charge in [-0.3, -0.25) is 18.7 Å². The third-order valence-electron chi connectivity index (χ3n) is 4.80. The summed E-state index contributed by atoms with van der Waals surface area (Å²) >= 11 is 1.32. The summed E-state index contributed by atoms with van der Waals surface area (Å²) in [5.74, 6) is 0.404. The maximum atomic E-state index is 12.9. The highest BCUT2D eigenvalue weighted by molar-refractivity contribution is 8.00. The van der Waals surface area contributed by atoms with Gasteiger partial charge < -0.3 is 5.32 Å². The lowest BCUT2D eigenvalue weighted by Gasteiger charge is -2.15. The summed E-state index contributed by atoms with van der Waals surface area (Å²) in [6.07, 6.45) is 2.44. The van der Waals surface area contributed by atoms with E-state index >= 15 is 0 Å². The molecule has 0 bridgehead atoms. The number of nitrogens with one attached hydrogen (secondary N) is 1. The van der Waals surface area contributed by atoms with Crippen LogP contribution in [-0.4, -0.2) is 25.8 Å². The second kappa shape index (κ2) is 9.30. The number of aryl methyl sites for hydroxylation is 1. The first kappa shape index (κ1) is 21.8. The van der Waals surface area contributed by atoms with Crippen molar-refractivity contribution in [3.05, 3.63) is 68.5 Å². The Labute approximate surface area is 179 Å². The van der Waals surface area contributed by atoms with Gasteiger partial charge in [0.05, 0.1) is 11.1 Å². The highest BCUT2D eigenvalue weighted by Gasteiger charge is 2.19. The zero-order valence-electron chi connectivity index (χ0n) is 17.6. The van der Waals surface area contributed by atoms with Crippen molar-refractivity contribution in [2.24, 2.45) is 20.0 Å². The number of nitrogens with zero attached hydrogens (tertiary/aromatic N) is 3. The van der Waals surface area contributed by atoms with Crippen molar-refractivity contribution in [2.75, 3.05) is 5.75 Å². The van der Waals surface area contributed by atoms with E-state index in [-0.39, 0.29) is 11.7 Å². The summed E-state index contributed by atoms with van der Waals surface area (Å²) in [6, 6.07) is 9.69. The first-order chi connectivity index (χ1) is 14.3. The SMILES string of the molecule is CC(C)Cc1cnc2c(c1SCC(=O)NCc1ccccc1)c(=O)n(C)c(=O)n2C. The summed E-state index contributed by atoms with van der Waals surface area (Å²) in [5, 5.41) is 3.30. The Morgan fingerprint density at radius 3 is 2.50 bits per heavy atom.